The third kappa shape index (κ3) is 3.69. The molecule has 0 spiro atoms. The number of piperidine rings is 2. The molecule has 2 atom stereocenters. The van der Waals surface area contributed by atoms with Crippen molar-refractivity contribution in [3.05, 3.63) is 0 Å². The average Bonchev–Trinajstić information content (AvgIpc) is 2.41. The minimum absolute atomic E-state index is 0.829. The Labute approximate surface area is 113 Å². The topological polar surface area (TPSA) is 18.5 Å². The van der Waals surface area contributed by atoms with Gasteiger partial charge in [0.05, 0.1) is 0 Å². The van der Waals surface area contributed by atoms with Crippen molar-refractivity contribution in [3.63, 3.8) is 0 Å². The van der Waals surface area contributed by atoms with Gasteiger partial charge in [-0.1, -0.05) is 13.8 Å². The molecule has 2 aliphatic heterocycles. The minimum Gasteiger partial charge on any atom is -0.316 e. The highest BCUT2D eigenvalue weighted by Crippen LogP contribution is 2.22. The third-order valence-electron chi connectivity index (χ3n) is 5.11. The SMILES string of the molecule is CCN1CCC(N(C)CC2CCNCC2C)CC1. The lowest BCUT2D eigenvalue weighted by molar-refractivity contribution is 0.100. The number of hydrogen-bond acceptors (Lipinski definition) is 3. The van der Waals surface area contributed by atoms with Crippen molar-refractivity contribution in [2.24, 2.45) is 11.8 Å². The summed E-state index contributed by atoms with van der Waals surface area (Å²) in [6, 6.07) is 0.829. The average molecular weight is 253 g/mol. The Hall–Kier alpha value is -0.120. The van der Waals surface area contributed by atoms with Crippen molar-refractivity contribution in [3.8, 4) is 0 Å². The summed E-state index contributed by atoms with van der Waals surface area (Å²) in [6.45, 7) is 12.2. The zero-order chi connectivity index (χ0) is 13.0. The number of likely N-dealkylation sites (tertiary alicyclic amines) is 1. The van der Waals surface area contributed by atoms with Gasteiger partial charge in [0.15, 0.2) is 0 Å². The van der Waals surface area contributed by atoms with Crippen LogP contribution in [0.3, 0.4) is 0 Å². The quantitative estimate of drug-likeness (QED) is 0.822. The Kier molecular flexibility index (Phi) is 5.46. The number of nitrogens with zero attached hydrogens (tertiary/aromatic N) is 2. The summed E-state index contributed by atoms with van der Waals surface area (Å²) in [6.07, 6.45) is 4.09. The molecule has 0 aromatic carbocycles. The molecule has 2 saturated heterocycles. The maximum Gasteiger partial charge on any atom is 0.0117 e. The van der Waals surface area contributed by atoms with E-state index in [0.29, 0.717) is 0 Å². The molecule has 2 heterocycles. The summed E-state index contributed by atoms with van der Waals surface area (Å²) in [5.41, 5.74) is 0. The van der Waals surface area contributed by atoms with Crippen LogP contribution in [-0.2, 0) is 0 Å². The molecule has 2 unspecified atom stereocenters. The largest absolute Gasteiger partial charge is 0.316 e. The van der Waals surface area contributed by atoms with E-state index in [1.54, 1.807) is 0 Å². The van der Waals surface area contributed by atoms with E-state index < -0.39 is 0 Å². The summed E-state index contributed by atoms with van der Waals surface area (Å²) in [5.74, 6) is 1.75. The van der Waals surface area contributed by atoms with Crippen LogP contribution in [-0.4, -0.2) is 62.2 Å². The lowest BCUT2D eigenvalue weighted by Crippen LogP contribution is -2.47. The lowest BCUT2D eigenvalue weighted by atomic mass is 9.87. The van der Waals surface area contributed by atoms with Crippen LogP contribution in [0.4, 0.5) is 0 Å². The summed E-state index contributed by atoms with van der Waals surface area (Å²) in [4.78, 5) is 5.23. The van der Waals surface area contributed by atoms with Crippen LogP contribution < -0.4 is 5.32 Å². The molecule has 0 bridgehead atoms. The van der Waals surface area contributed by atoms with Crippen LogP contribution in [0.15, 0.2) is 0 Å². The van der Waals surface area contributed by atoms with Crippen molar-refractivity contribution < 1.29 is 0 Å². The molecule has 106 valence electrons. The van der Waals surface area contributed by atoms with Crippen LogP contribution >= 0.6 is 0 Å². The molecule has 1 N–H and O–H groups in total. The lowest BCUT2D eigenvalue weighted by Gasteiger charge is -2.39. The highest BCUT2D eigenvalue weighted by Gasteiger charge is 2.26. The fraction of sp³-hybridized carbons (Fsp3) is 1.00. The molecule has 2 fully saturated rings. The predicted molar refractivity (Wildman–Crippen MR) is 77.9 cm³/mol. The number of nitrogens with one attached hydrogen (secondary N) is 1. The maximum atomic E-state index is 3.51. The predicted octanol–water partition coefficient (Wildman–Crippen LogP) is 1.65. The van der Waals surface area contributed by atoms with Crippen molar-refractivity contribution in [2.75, 3.05) is 46.3 Å². The van der Waals surface area contributed by atoms with Crippen molar-refractivity contribution in [1.82, 2.24) is 15.1 Å². The first-order valence-corrected chi connectivity index (χ1v) is 7.84. The maximum absolute atomic E-state index is 3.51. The van der Waals surface area contributed by atoms with Gasteiger partial charge in [0.1, 0.15) is 0 Å². The van der Waals surface area contributed by atoms with Crippen LogP contribution in [0.1, 0.15) is 33.1 Å². The highest BCUT2D eigenvalue weighted by molar-refractivity contribution is 4.82. The molecule has 0 radical (unpaired) electrons. The number of hydrogen-bond donors (Lipinski definition) is 1. The van der Waals surface area contributed by atoms with Gasteiger partial charge >= 0.3 is 0 Å². The van der Waals surface area contributed by atoms with Crippen LogP contribution in [0.25, 0.3) is 0 Å². The molecule has 0 saturated carbocycles. The summed E-state index contributed by atoms with van der Waals surface area (Å²) in [5, 5.41) is 3.51. The first-order valence-electron chi connectivity index (χ1n) is 7.84. The Morgan fingerprint density at radius 3 is 2.56 bits per heavy atom. The minimum atomic E-state index is 0.829. The third-order valence-corrected chi connectivity index (χ3v) is 5.11. The molecule has 2 rings (SSSR count). The summed E-state index contributed by atoms with van der Waals surface area (Å²) in [7, 11) is 2.35. The molecule has 3 nitrogen and oxygen atoms in total. The Balaban J connectivity index is 1.75. The Morgan fingerprint density at radius 2 is 1.94 bits per heavy atom. The van der Waals surface area contributed by atoms with E-state index >= 15 is 0 Å². The van der Waals surface area contributed by atoms with Crippen LogP contribution in [0.2, 0.25) is 0 Å². The molecule has 2 aliphatic rings. The summed E-state index contributed by atoms with van der Waals surface area (Å²) >= 11 is 0. The fourth-order valence-corrected chi connectivity index (χ4v) is 3.53. The van der Waals surface area contributed by atoms with E-state index in [0.717, 1.165) is 17.9 Å². The van der Waals surface area contributed by atoms with Gasteiger partial charge in [-0.05, 0) is 70.9 Å². The Bertz CT molecular complexity index is 236. The first kappa shape index (κ1) is 14.3. The van der Waals surface area contributed by atoms with E-state index in [-0.39, 0.29) is 0 Å². The molecule has 0 aromatic heterocycles. The first-order chi connectivity index (χ1) is 8.70. The van der Waals surface area contributed by atoms with Gasteiger partial charge in [0, 0.05) is 12.6 Å². The molecular formula is C15H31N3. The Morgan fingerprint density at radius 1 is 1.22 bits per heavy atom. The van der Waals surface area contributed by atoms with E-state index in [1.807, 2.05) is 0 Å². The van der Waals surface area contributed by atoms with E-state index in [1.165, 1.54) is 58.5 Å². The molecule has 0 aliphatic carbocycles. The molecule has 3 heteroatoms. The molecule has 0 aromatic rings. The molecule has 18 heavy (non-hydrogen) atoms. The monoisotopic (exact) mass is 253 g/mol. The zero-order valence-electron chi connectivity index (χ0n) is 12.5. The number of rotatable bonds is 4. The smallest absolute Gasteiger partial charge is 0.0117 e. The van der Waals surface area contributed by atoms with Gasteiger partial charge in [-0.3, -0.25) is 0 Å². The highest BCUT2D eigenvalue weighted by atomic mass is 15.2. The normalized spacial score (nSPS) is 32.0. The second-order valence-electron chi connectivity index (χ2n) is 6.34. The van der Waals surface area contributed by atoms with Crippen LogP contribution in [0, 0.1) is 11.8 Å². The van der Waals surface area contributed by atoms with Crippen LogP contribution in [0.5, 0.6) is 0 Å². The van der Waals surface area contributed by atoms with Gasteiger partial charge in [-0.2, -0.15) is 0 Å². The van der Waals surface area contributed by atoms with Gasteiger partial charge < -0.3 is 15.1 Å². The zero-order valence-corrected chi connectivity index (χ0v) is 12.5. The van der Waals surface area contributed by atoms with E-state index in [2.05, 4.69) is 36.0 Å². The van der Waals surface area contributed by atoms with Crippen molar-refractivity contribution >= 4 is 0 Å². The van der Waals surface area contributed by atoms with E-state index in [9.17, 15) is 0 Å². The van der Waals surface area contributed by atoms with Gasteiger partial charge in [-0.25, -0.2) is 0 Å². The van der Waals surface area contributed by atoms with Gasteiger partial charge in [-0.15, -0.1) is 0 Å². The van der Waals surface area contributed by atoms with Crippen molar-refractivity contribution in [2.45, 2.75) is 39.2 Å². The van der Waals surface area contributed by atoms with E-state index in [4.69, 9.17) is 0 Å². The second-order valence-corrected chi connectivity index (χ2v) is 6.34. The fourth-order valence-electron chi connectivity index (χ4n) is 3.53. The standard InChI is InChI=1S/C15H31N3/c1-4-18-9-6-15(7-10-18)17(3)12-14-5-8-16-11-13(14)2/h13-16H,4-12H2,1-3H3. The van der Waals surface area contributed by atoms with Gasteiger partial charge in [0.2, 0.25) is 0 Å². The molecule has 0 amide bonds. The molecular weight excluding hydrogens is 222 g/mol. The van der Waals surface area contributed by atoms with Crippen molar-refractivity contribution in [1.29, 1.82) is 0 Å². The van der Waals surface area contributed by atoms with Gasteiger partial charge in [0.25, 0.3) is 0 Å². The summed E-state index contributed by atoms with van der Waals surface area (Å²) < 4.78 is 0. The second kappa shape index (κ2) is 6.88.